The average molecular weight is 358 g/mol. The van der Waals surface area contributed by atoms with Crippen LogP contribution in [0.4, 0.5) is 5.69 Å². The summed E-state index contributed by atoms with van der Waals surface area (Å²) in [6.45, 7) is 4.20. The second-order valence-electron chi connectivity index (χ2n) is 7.54. The lowest BCUT2D eigenvalue weighted by atomic mass is 9.82. The fourth-order valence-corrected chi connectivity index (χ4v) is 4.05. The molecular weight excluding hydrogens is 328 g/mol. The number of carbonyl (C=O) groups excluding carboxylic acids is 2. The van der Waals surface area contributed by atoms with Crippen LogP contribution in [0.1, 0.15) is 55.8 Å². The number of amides is 1. The van der Waals surface area contributed by atoms with Crippen molar-refractivity contribution in [2.24, 2.45) is 5.92 Å². The van der Waals surface area contributed by atoms with E-state index in [1.54, 1.807) is 6.92 Å². The summed E-state index contributed by atoms with van der Waals surface area (Å²) < 4.78 is 5.31. The first kappa shape index (κ1) is 18.9. The number of Topliss-reactive ketones (excluding diaryl/α,β-unsaturated/α-hetero) is 1. The van der Waals surface area contributed by atoms with Crippen LogP contribution in [0.15, 0.2) is 24.3 Å². The highest BCUT2D eigenvalue weighted by Gasteiger charge is 2.25. The minimum absolute atomic E-state index is 0.0624. The summed E-state index contributed by atoms with van der Waals surface area (Å²) in [5.74, 6) is 0.849. The molecule has 1 aliphatic heterocycles. The first-order valence-electron chi connectivity index (χ1n) is 9.86. The molecule has 5 heteroatoms. The zero-order valence-electron chi connectivity index (χ0n) is 15.7. The van der Waals surface area contributed by atoms with Gasteiger partial charge in [0.1, 0.15) is 5.78 Å². The van der Waals surface area contributed by atoms with Gasteiger partial charge in [-0.15, -0.1) is 0 Å². The Balaban J connectivity index is 1.64. The second-order valence-corrected chi connectivity index (χ2v) is 7.54. The van der Waals surface area contributed by atoms with Crippen LogP contribution in [0.25, 0.3) is 0 Å². The summed E-state index contributed by atoms with van der Waals surface area (Å²) in [7, 11) is 0. The zero-order chi connectivity index (χ0) is 18.4. The third-order valence-corrected chi connectivity index (χ3v) is 5.51. The van der Waals surface area contributed by atoms with Crippen LogP contribution in [0.5, 0.6) is 0 Å². The first-order chi connectivity index (χ1) is 12.6. The monoisotopic (exact) mass is 358 g/mol. The van der Waals surface area contributed by atoms with E-state index in [0.717, 1.165) is 5.69 Å². The quantitative estimate of drug-likeness (QED) is 0.845. The van der Waals surface area contributed by atoms with Gasteiger partial charge in [-0.05, 0) is 49.9 Å². The van der Waals surface area contributed by atoms with Gasteiger partial charge in [0.2, 0.25) is 0 Å². The van der Waals surface area contributed by atoms with Crippen LogP contribution in [0.3, 0.4) is 0 Å². The maximum Gasteiger partial charge on any atom is 0.254 e. The number of anilines is 1. The molecule has 142 valence electrons. The fraction of sp³-hybridized carbons (Fsp3) is 0.619. The molecule has 0 unspecified atom stereocenters. The van der Waals surface area contributed by atoms with Gasteiger partial charge in [0, 0.05) is 36.8 Å². The molecule has 1 saturated heterocycles. The number of morpholine rings is 1. The highest BCUT2D eigenvalue weighted by Crippen LogP contribution is 2.30. The van der Waals surface area contributed by atoms with Gasteiger partial charge in [0.05, 0.1) is 13.2 Å². The number of ether oxygens (including phenoxy) is 1. The van der Waals surface area contributed by atoms with E-state index < -0.39 is 0 Å². The molecule has 1 N–H and O–H groups in total. The standard InChI is InChI=1S/C21H30N2O3/c1-16(24)15-20(17-5-3-2-4-6-17)22-19-9-7-18(8-10-19)21(25)23-11-13-26-14-12-23/h7-10,17,20,22H,2-6,11-15H2,1H3/t20-/m0/s1. The predicted molar refractivity (Wildman–Crippen MR) is 102 cm³/mol. The smallest absolute Gasteiger partial charge is 0.254 e. The normalized spacial score (nSPS) is 19.8. The molecule has 1 heterocycles. The van der Waals surface area contributed by atoms with Gasteiger partial charge in [0.25, 0.3) is 5.91 Å². The van der Waals surface area contributed by atoms with Crippen LogP contribution in [-0.4, -0.2) is 48.9 Å². The van der Waals surface area contributed by atoms with Crippen molar-refractivity contribution in [3.05, 3.63) is 29.8 Å². The molecule has 5 nitrogen and oxygen atoms in total. The minimum Gasteiger partial charge on any atom is -0.382 e. The highest BCUT2D eigenvalue weighted by molar-refractivity contribution is 5.94. The van der Waals surface area contributed by atoms with Crippen molar-refractivity contribution in [2.75, 3.05) is 31.6 Å². The van der Waals surface area contributed by atoms with E-state index in [-0.39, 0.29) is 17.7 Å². The van der Waals surface area contributed by atoms with E-state index in [9.17, 15) is 9.59 Å². The van der Waals surface area contributed by atoms with Gasteiger partial charge in [-0.25, -0.2) is 0 Å². The molecular formula is C21H30N2O3. The molecule has 2 fully saturated rings. The van der Waals surface area contributed by atoms with Crippen LogP contribution < -0.4 is 5.32 Å². The number of benzene rings is 1. The maximum absolute atomic E-state index is 12.5. The molecule has 1 aromatic carbocycles. The Labute approximate surface area is 156 Å². The lowest BCUT2D eigenvalue weighted by molar-refractivity contribution is -0.117. The number of carbonyl (C=O) groups is 2. The van der Waals surface area contributed by atoms with Gasteiger partial charge < -0.3 is 15.0 Å². The van der Waals surface area contributed by atoms with E-state index >= 15 is 0 Å². The van der Waals surface area contributed by atoms with Crippen LogP contribution >= 0.6 is 0 Å². The van der Waals surface area contributed by atoms with E-state index in [4.69, 9.17) is 4.74 Å². The summed E-state index contributed by atoms with van der Waals surface area (Å²) in [5, 5.41) is 3.56. The van der Waals surface area contributed by atoms with E-state index in [1.165, 1.54) is 32.1 Å². The largest absolute Gasteiger partial charge is 0.382 e. The van der Waals surface area contributed by atoms with Crippen molar-refractivity contribution in [1.29, 1.82) is 0 Å². The molecule has 1 amide bonds. The maximum atomic E-state index is 12.5. The Kier molecular flexibility index (Phi) is 6.67. The Morgan fingerprint density at radius 3 is 2.38 bits per heavy atom. The van der Waals surface area contributed by atoms with Crippen molar-refractivity contribution < 1.29 is 14.3 Å². The first-order valence-corrected chi connectivity index (χ1v) is 9.86. The number of rotatable bonds is 6. The molecule has 0 bridgehead atoms. The molecule has 0 aromatic heterocycles. The Morgan fingerprint density at radius 1 is 1.12 bits per heavy atom. The van der Waals surface area contributed by atoms with Gasteiger partial charge in [-0.1, -0.05) is 19.3 Å². The van der Waals surface area contributed by atoms with Gasteiger partial charge >= 0.3 is 0 Å². The topological polar surface area (TPSA) is 58.6 Å². The number of hydrogen-bond donors (Lipinski definition) is 1. The molecule has 26 heavy (non-hydrogen) atoms. The van der Waals surface area contributed by atoms with E-state index in [2.05, 4.69) is 5.32 Å². The van der Waals surface area contributed by atoms with Crippen LogP contribution in [0.2, 0.25) is 0 Å². The molecule has 1 aliphatic carbocycles. The zero-order valence-corrected chi connectivity index (χ0v) is 15.7. The Morgan fingerprint density at radius 2 is 1.77 bits per heavy atom. The second kappa shape index (κ2) is 9.17. The number of ketones is 1. The number of nitrogens with one attached hydrogen (secondary N) is 1. The lowest BCUT2D eigenvalue weighted by Crippen LogP contribution is -2.40. The van der Waals surface area contributed by atoms with Crippen molar-refractivity contribution in [3.8, 4) is 0 Å². The highest BCUT2D eigenvalue weighted by atomic mass is 16.5. The minimum atomic E-state index is 0.0624. The van der Waals surface area contributed by atoms with E-state index in [0.29, 0.717) is 44.2 Å². The van der Waals surface area contributed by atoms with Crippen molar-refractivity contribution in [1.82, 2.24) is 4.90 Å². The predicted octanol–water partition coefficient (Wildman–Crippen LogP) is 3.50. The molecule has 1 saturated carbocycles. The number of nitrogens with zero attached hydrogens (tertiary/aromatic N) is 1. The third kappa shape index (κ3) is 5.07. The number of hydrogen-bond acceptors (Lipinski definition) is 4. The molecule has 1 atom stereocenters. The summed E-state index contributed by atoms with van der Waals surface area (Å²) in [6.07, 6.45) is 6.78. The molecule has 1 aromatic rings. The lowest BCUT2D eigenvalue weighted by Gasteiger charge is -2.31. The summed E-state index contributed by atoms with van der Waals surface area (Å²) >= 11 is 0. The van der Waals surface area contributed by atoms with Crippen molar-refractivity contribution in [3.63, 3.8) is 0 Å². The van der Waals surface area contributed by atoms with Crippen molar-refractivity contribution in [2.45, 2.75) is 51.5 Å². The summed E-state index contributed by atoms with van der Waals surface area (Å²) in [4.78, 5) is 26.1. The van der Waals surface area contributed by atoms with Gasteiger partial charge in [-0.2, -0.15) is 0 Å². The molecule has 3 rings (SSSR count). The molecule has 0 radical (unpaired) electrons. The fourth-order valence-electron chi connectivity index (χ4n) is 4.05. The van der Waals surface area contributed by atoms with Crippen LogP contribution in [-0.2, 0) is 9.53 Å². The Hall–Kier alpha value is -1.88. The summed E-state index contributed by atoms with van der Waals surface area (Å²) in [6, 6.07) is 7.87. The average Bonchev–Trinajstić information content (AvgIpc) is 2.68. The van der Waals surface area contributed by atoms with Crippen LogP contribution in [0, 0.1) is 5.92 Å². The van der Waals surface area contributed by atoms with Gasteiger partial charge in [-0.3, -0.25) is 9.59 Å². The summed E-state index contributed by atoms with van der Waals surface area (Å²) in [5.41, 5.74) is 1.69. The van der Waals surface area contributed by atoms with Crippen molar-refractivity contribution >= 4 is 17.4 Å². The molecule has 2 aliphatic rings. The van der Waals surface area contributed by atoms with Gasteiger partial charge in [0.15, 0.2) is 0 Å². The molecule has 0 spiro atoms. The Bertz CT molecular complexity index is 602. The SMILES string of the molecule is CC(=O)C[C@H](Nc1ccc(C(=O)N2CCOCC2)cc1)C1CCCCC1. The van der Waals surface area contributed by atoms with E-state index in [1.807, 2.05) is 29.2 Å². The third-order valence-electron chi connectivity index (χ3n) is 5.51.